The first-order valence-electron chi connectivity index (χ1n) is 5.36. The predicted octanol–water partition coefficient (Wildman–Crippen LogP) is 1.72. The first-order valence-corrected chi connectivity index (χ1v) is 6.16. The van der Waals surface area contributed by atoms with E-state index in [0.717, 1.165) is 6.20 Å². The third-order valence-corrected chi connectivity index (χ3v) is 3.06. The van der Waals surface area contributed by atoms with Crippen LogP contribution in [-0.4, -0.2) is 28.0 Å². The number of anilines is 1. The lowest BCUT2D eigenvalue weighted by molar-refractivity contribution is -0.143. The molecule has 0 aliphatic carbocycles. The molecule has 0 fully saturated rings. The van der Waals surface area contributed by atoms with Crippen LogP contribution in [0, 0.1) is 0 Å². The largest absolute Gasteiger partial charge is 0.408 e. The summed E-state index contributed by atoms with van der Waals surface area (Å²) in [6, 6.07) is 0. The molecule has 0 amide bonds. The zero-order valence-corrected chi connectivity index (χ0v) is 12.0. The highest BCUT2D eigenvalue weighted by molar-refractivity contribution is 9.10. The number of rotatable bonds is 4. The molecule has 0 bridgehead atoms. The molecule has 0 atom stereocenters. The van der Waals surface area contributed by atoms with Crippen LogP contribution >= 0.6 is 15.9 Å². The van der Waals surface area contributed by atoms with Gasteiger partial charge >= 0.3 is 6.18 Å². The van der Waals surface area contributed by atoms with Crippen LogP contribution in [0.15, 0.2) is 15.5 Å². The topological polar surface area (TPSA) is 72.9 Å². The molecule has 0 saturated carbocycles. The highest BCUT2D eigenvalue weighted by Crippen LogP contribution is 2.22. The van der Waals surface area contributed by atoms with Crippen LogP contribution in [0.3, 0.4) is 0 Å². The summed E-state index contributed by atoms with van der Waals surface area (Å²) in [5.74, 6) is 0. The van der Waals surface area contributed by atoms with E-state index in [1.54, 1.807) is 13.8 Å². The lowest BCUT2D eigenvalue weighted by atomic mass is 10.1. The molecule has 19 heavy (non-hydrogen) atoms. The van der Waals surface area contributed by atoms with Crippen molar-refractivity contribution < 1.29 is 13.2 Å². The molecule has 3 N–H and O–H groups in total. The summed E-state index contributed by atoms with van der Waals surface area (Å²) in [6.45, 7) is 2.44. The van der Waals surface area contributed by atoms with E-state index in [-0.39, 0.29) is 11.0 Å². The van der Waals surface area contributed by atoms with E-state index in [2.05, 4.69) is 26.3 Å². The molecule has 0 aromatic carbocycles. The maximum atomic E-state index is 12.2. The first-order chi connectivity index (χ1) is 8.56. The number of aromatic nitrogens is 2. The molecule has 5 nitrogen and oxygen atoms in total. The molecule has 0 saturated heterocycles. The maximum absolute atomic E-state index is 12.2. The number of halogens is 4. The average molecular weight is 343 g/mol. The van der Waals surface area contributed by atoms with Crippen molar-refractivity contribution in [2.75, 3.05) is 11.9 Å². The molecule has 0 radical (unpaired) electrons. The van der Waals surface area contributed by atoms with Crippen LogP contribution in [0.1, 0.15) is 13.8 Å². The summed E-state index contributed by atoms with van der Waals surface area (Å²) in [7, 11) is 0. The van der Waals surface area contributed by atoms with Crippen molar-refractivity contribution >= 4 is 21.6 Å². The Kier molecular flexibility index (Phi) is 4.62. The van der Waals surface area contributed by atoms with E-state index in [4.69, 9.17) is 5.73 Å². The molecule has 1 heterocycles. The summed E-state index contributed by atoms with van der Waals surface area (Å²) in [4.78, 5) is 11.7. The van der Waals surface area contributed by atoms with Gasteiger partial charge in [0, 0.05) is 12.1 Å². The maximum Gasteiger partial charge on any atom is 0.408 e. The SMILES string of the molecule is CC(C)(CN)Nc1cnn(CC(F)(F)F)c(=O)c1Br. The molecule has 0 spiro atoms. The van der Waals surface area contributed by atoms with Crippen LogP contribution < -0.4 is 16.6 Å². The van der Waals surface area contributed by atoms with E-state index in [1.165, 1.54) is 0 Å². The molecule has 1 rings (SSSR count). The molecule has 1 aromatic rings. The Morgan fingerprint density at radius 3 is 2.53 bits per heavy atom. The molecule has 0 unspecified atom stereocenters. The third-order valence-electron chi connectivity index (χ3n) is 2.30. The van der Waals surface area contributed by atoms with E-state index in [0.29, 0.717) is 10.4 Å². The normalized spacial score (nSPS) is 12.6. The van der Waals surface area contributed by atoms with Gasteiger partial charge in [0.15, 0.2) is 0 Å². The highest BCUT2D eigenvalue weighted by atomic mass is 79.9. The van der Waals surface area contributed by atoms with Crippen LogP contribution in [0.2, 0.25) is 0 Å². The van der Waals surface area contributed by atoms with Crippen LogP contribution in [-0.2, 0) is 6.54 Å². The zero-order chi connectivity index (χ0) is 14.8. The van der Waals surface area contributed by atoms with E-state index >= 15 is 0 Å². The Hall–Kier alpha value is -1.09. The summed E-state index contributed by atoms with van der Waals surface area (Å²) in [5.41, 5.74) is 4.47. The van der Waals surface area contributed by atoms with Crippen LogP contribution in [0.25, 0.3) is 0 Å². The zero-order valence-electron chi connectivity index (χ0n) is 10.4. The van der Waals surface area contributed by atoms with Crippen molar-refractivity contribution in [2.45, 2.75) is 32.1 Å². The van der Waals surface area contributed by atoms with Gasteiger partial charge in [-0.3, -0.25) is 4.79 Å². The lowest BCUT2D eigenvalue weighted by Crippen LogP contribution is -2.40. The van der Waals surface area contributed by atoms with Crippen molar-refractivity contribution in [1.82, 2.24) is 9.78 Å². The Bertz CT molecular complexity index is 512. The van der Waals surface area contributed by atoms with Crippen molar-refractivity contribution in [3.8, 4) is 0 Å². The standard InChI is InChI=1S/C10H14BrF3N4O/c1-9(2,4-15)17-6-3-16-18(5-10(12,13)14)8(19)7(6)11/h3,17H,4-5,15H2,1-2H3. The van der Waals surface area contributed by atoms with Gasteiger partial charge in [-0.25, -0.2) is 4.68 Å². The van der Waals surface area contributed by atoms with Gasteiger partial charge in [0.1, 0.15) is 11.0 Å². The summed E-state index contributed by atoms with van der Waals surface area (Å²) < 4.78 is 37.0. The fraction of sp³-hybridized carbons (Fsp3) is 0.600. The van der Waals surface area contributed by atoms with Crippen molar-refractivity contribution in [1.29, 1.82) is 0 Å². The van der Waals surface area contributed by atoms with Gasteiger partial charge in [0.2, 0.25) is 0 Å². The summed E-state index contributed by atoms with van der Waals surface area (Å²) in [6.07, 6.45) is -3.34. The van der Waals surface area contributed by atoms with Gasteiger partial charge in [0.25, 0.3) is 5.56 Å². The minimum Gasteiger partial charge on any atom is -0.377 e. The third kappa shape index (κ3) is 4.50. The number of hydrogen-bond donors (Lipinski definition) is 2. The Morgan fingerprint density at radius 2 is 2.05 bits per heavy atom. The second kappa shape index (κ2) is 5.49. The predicted molar refractivity (Wildman–Crippen MR) is 69.0 cm³/mol. The van der Waals surface area contributed by atoms with E-state index < -0.39 is 23.8 Å². The fourth-order valence-electron chi connectivity index (χ4n) is 1.25. The van der Waals surface area contributed by atoms with Crippen LogP contribution in [0.4, 0.5) is 18.9 Å². The monoisotopic (exact) mass is 342 g/mol. The van der Waals surface area contributed by atoms with Gasteiger partial charge < -0.3 is 11.1 Å². The minimum atomic E-state index is -4.50. The van der Waals surface area contributed by atoms with Gasteiger partial charge in [-0.05, 0) is 29.8 Å². The fourth-order valence-corrected chi connectivity index (χ4v) is 1.66. The summed E-state index contributed by atoms with van der Waals surface area (Å²) in [5, 5.41) is 6.43. The molecule has 9 heteroatoms. The molecule has 108 valence electrons. The average Bonchev–Trinajstić information content (AvgIpc) is 2.27. The number of nitrogens with zero attached hydrogens (tertiary/aromatic N) is 2. The highest BCUT2D eigenvalue weighted by Gasteiger charge is 2.30. The summed E-state index contributed by atoms with van der Waals surface area (Å²) >= 11 is 2.98. The van der Waals surface area contributed by atoms with Gasteiger partial charge in [0.05, 0.1) is 11.9 Å². The van der Waals surface area contributed by atoms with Crippen molar-refractivity contribution in [3.05, 3.63) is 21.0 Å². The minimum absolute atomic E-state index is 0.00623. The second-order valence-electron chi connectivity index (χ2n) is 4.66. The second-order valence-corrected chi connectivity index (χ2v) is 5.46. The quantitative estimate of drug-likeness (QED) is 0.873. The van der Waals surface area contributed by atoms with Gasteiger partial charge in [-0.2, -0.15) is 18.3 Å². The van der Waals surface area contributed by atoms with Crippen molar-refractivity contribution in [2.24, 2.45) is 5.73 Å². The number of alkyl halides is 3. The lowest BCUT2D eigenvalue weighted by Gasteiger charge is -2.26. The first kappa shape index (κ1) is 16.0. The molecule has 0 aliphatic rings. The molecular weight excluding hydrogens is 329 g/mol. The Balaban J connectivity index is 3.09. The smallest absolute Gasteiger partial charge is 0.377 e. The molecular formula is C10H14BrF3N4O. The number of hydrogen-bond acceptors (Lipinski definition) is 4. The van der Waals surface area contributed by atoms with E-state index in [1.807, 2.05) is 0 Å². The molecule has 1 aromatic heterocycles. The molecule has 0 aliphatic heterocycles. The Labute approximate surface area is 116 Å². The van der Waals surface area contributed by atoms with E-state index in [9.17, 15) is 18.0 Å². The van der Waals surface area contributed by atoms with Crippen LogP contribution in [0.5, 0.6) is 0 Å². The van der Waals surface area contributed by atoms with Gasteiger partial charge in [-0.15, -0.1) is 0 Å². The Morgan fingerprint density at radius 1 is 1.47 bits per heavy atom. The number of nitrogens with one attached hydrogen (secondary N) is 1. The van der Waals surface area contributed by atoms with Gasteiger partial charge in [-0.1, -0.05) is 0 Å². The number of nitrogens with two attached hydrogens (primary N) is 1. The van der Waals surface area contributed by atoms with Crippen molar-refractivity contribution in [3.63, 3.8) is 0 Å².